The van der Waals surface area contributed by atoms with Crippen LogP contribution < -0.4 is 15.9 Å². The molecule has 0 fully saturated rings. The van der Waals surface area contributed by atoms with E-state index < -0.39 is 7.92 Å². The third-order valence-corrected chi connectivity index (χ3v) is 5.49. The zero-order chi connectivity index (χ0) is 15.6. The number of benzene rings is 3. The quantitative estimate of drug-likeness (QED) is 0.664. The largest absolute Gasteiger partial charge is 0.179 e. The second-order valence-electron chi connectivity index (χ2n) is 4.43. The molecule has 1 nitrogen and oxygen atoms in total. The van der Waals surface area contributed by atoms with Gasteiger partial charge in [0.25, 0.3) is 0 Å². The number of nitrogens with zero attached hydrogens (tertiary/aromatic N) is 1. The fourth-order valence-corrected chi connectivity index (χ4v) is 4.48. The molecule has 0 aliphatic rings. The van der Waals surface area contributed by atoms with Crippen molar-refractivity contribution in [3.8, 4) is 5.53 Å². The van der Waals surface area contributed by atoms with Gasteiger partial charge in [-0.1, -0.05) is 91.0 Å². The Kier molecular flexibility index (Phi) is 6.65. The van der Waals surface area contributed by atoms with Gasteiger partial charge in [0.15, 0.2) is 5.53 Å². The molecule has 0 aliphatic carbocycles. The van der Waals surface area contributed by atoms with E-state index in [1.165, 1.54) is 21.4 Å². The molecule has 0 atom stereocenters. The monoisotopic (exact) mass is 323 g/mol. The molecule has 22 heavy (non-hydrogen) atoms. The smallest absolute Gasteiger partial charge is 0.173 e. The van der Waals surface area contributed by atoms with Crippen LogP contribution in [-0.2, 0) is 0 Å². The molecule has 0 saturated carbocycles. The van der Waals surface area contributed by atoms with Gasteiger partial charge in [0.2, 0.25) is 0 Å². The summed E-state index contributed by atoms with van der Waals surface area (Å²) in [6, 6.07) is 32.3. The topological polar surface area (TPSA) is 23.8 Å². The average molecular weight is 324 g/mol. The lowest BCUT2D eigenvalue weighted by molar-refractivity contribution is 1.57. The second-order valence-corrected chi connectivity index (χ2v) is 6.82. The molecule has 0 aromatic heterocycles. The first-order valence-electron chi connectivity index (χ1n) is 6.82. The van der Waals surface area contributed by atoms with E-state index in [4.69, 9.17) is 5.26 Å². The molecular weight excluding hydrogens is 309 g/mol. The van der Waals surface area contributed by atoms with Crippen molar-refractivity contribution in [1.29, 1.82) is 5.26 Å². The molecule has 0 radical (unpaired) electrons. The lowest BCUT2D eigenvalue weighted by atomic mass is 10.4. The molecule has 0 aliphatic heterocycles. The predicted octanol–water partition coefficient (Wildman–Crippen LogP) is 4.15. The molecule has 3 aromatic carbocycles. The minimum atomic E-state index is -0.446. The molecule has 0 spiro atoms. The first kappa shape index (κ1) is 16.2. The Bertz CT molecular complexity index is 615. The fourth-order valence-electron chi connectivity index (χ4n) is 2.18. The minimum Gasteiger partial charge on any atom is -0.179 e. The zero-order valence-corrected chi connectivity index (χ0v) is 13.6. The van der Waals surface area contributed by atoms with Crippen molar-refractivity contribution in [2.75, 3.05) is 0 Å². The highest BCUT2D eigenvalue weighted by Crippen LogP contribution is 2.32. The van der Waals surface area contributed by atoms with Gasteiger partial charge in [-0.05, 0) is 23.8 Å². The number of hydrogen-bond donors (Lipinski definition) is 0. The van der Waals surface area contributed by atoms with Crippen LogP contribution in [0.2, 0.25) is 0 Å². The van der Waals surface area contributed by atoms with Crippen molar-refractivity contribution in [2.45, 2.75) is 0 Å². The van der Waals surface area contributed by atoms with Crippen LogP contribution in [0.15, 0.2) is 91.0 Å². The van der Waals surface area contributed by atoms with Gasteiger partial charge in [-0.3, -0.25) is 0 Å². The lowest BCUT2D eigenvalue weighted by Crippen LogP contribution is -2.20. The summed E-state index contributed by atoms with van der Waals surface area (Å²) in [5, 5.41) is 11.3. The Morgan fingerprint density at radius 3 is 1.05 bits per heavy atom. The van der Waals surface area contributed by atoms with Crippen molar-refractivity contribution in [1.82, 2.24) is 0 Å². The molecule has 0 saturated heterocycles. The van der Waals surface area contributed by atoms with E-state index in [-0.39, 0.29) is 0 Å². The number of hydrogen-bond acceptors (Lipinski definition) is 1. The van der Waals surface area contributed by atoms with E-state index >= 15 is 0 Å². The molecule has 3 aromatic rings. The predicted molar refractivity (Wildman–Crippen MR) is 96.6 cm³/mol. The van der Waals surface area contributed by atoms with Crippen molar-refractivity contribution >= 4 is 35.4 Å². The van der Waals surface area contributed by atoms with Crippen LogP contribution in [0.1, 0.15) is 0 Å². The zero-order valence-electron chi connectivity index (χ0n) is 11.9. The van der Waals surface area contributed by atoms with Crippen molar-refractivity contribution in [3.63, 3.8) is 0 Å². The maximum atomic E-state index is 7.08. The summed E-state index contributed by atoms with van der Waals surface area (Å²) in [5.74, 6) is 0. The van der Waals surface area contributed by atoms with Crippen molar-refractivity contribution in [2.24, 2.45) is 0 Å². The number of rotatable bonds is 3. The summed E-state index contributed by atoms with van der Waals surface area (Å²) in [6.07, 6.45) is 0. The summed E-state index contributed by atoms with van der Waals surface area (Å²) in [5.41, 5.74) is 1.22. The van der Waals surface area contributed by atoms with Crippen LogP contribution in [0.4, 0.5) is 0 Å². The van der Waals surface area contributed by atoms with E-state index in [2.05, 4.69) is 103 Å². The third-order valence-electron chi connectivity index (χ3n) is 3.04. The normalized spacial score (nSPS) is 9.50. The Morgan fingerprint density at radius 2 is 0.818 bits per heavy atom. The molecule has 3 rings (SSSR count). The average Bonchev–Trinajstić information content (AvgIpc) is 2.59. The van der Waals surface area contributed by atoms with Crippen LogP contribution in [0.3, 0.4) is 0 Å². The van der Waals surface area contributed by atoms with Gasteiger partial charge in [-0.25, -0.2) is 0 Å². The SMILES string of the molecule is N#CCl.c1ccc(P(c2ccccc2)c2ccccc2)cc1. The highest BCUT2D eigenvalue weighted by Gasteiger charge is 2.14. The number of nitriles is 1. The third kappa shape index (κ3) is 4.43. The summed E-state index contributed by atoms with van der Waals surface area (Å²) in [6.45, 7) is 0. The Hall–Kier alpha value is -2.13. The Morgan fingerprint density at radius 1 is 0.591 bits per heavy atom. The van der Waals surface area contributed by atoms with E-state index in [1.807, 2.05) is 0 Å². The van der Waals surface area contributed by atoms with Gasteiger partial charge in [0.05, 0.1) is 0 Å². The van der Waals surface area contributed by atoms with Gasteiger partial charge in [-0.2, -0.15) is 5.26 Å². The molecule has 0 bridgehead atoms. The first-order chi connectivity index (χ1) is 10.9. The van der Waals surface area contributed by atoms with E-state index in [1.54, 1.807) is 0 Å². The minimum absolute atomic E-state index is 0.446. The summed E-state index contributed by atoms with van der Waals surface area (Å²) in [4.78, 5) is 0. The maximum Gasteiger partial charge on any atom is 0.173 e. The van der Waals surface area contributed by atoms with Crippen LogP contribution in [0.25, 0.3) is 0 Å². The van der Waals surface area contributed by atoms with E-state index in [0.717, 1.165) is 0 Å². The lowest BCUT2D eigenvalue weighted by Gasteiger charge is -2.18. The van der Waals surface area contributed by atoms with Gasteiger partial charge < -0.3 is 0 Å². The van der Waals surface area contributed by atoms with Crippen LogP contribution in [-0.4, -0.2) is 0 Å². The van der Waals surface area contributed by atoms with Crippen LogP contribution in [0.5, 0.6) is 0 Å². The van der Waals surface area contributed by atoms with Gasteiger partial charge in [0.1, 0.15) is 0 Å². The molecule has 3 heteroatoms. The molecular formula is C19H15ClNP. The van der Waals surface area contributed by atoms with Crippen molar-refractivity contribution in [3.05, 3.63) is 91.0 Å². The van der Waals surface area contributed by atoms with Crippen LogP contribution in [0, 0.1) is 10.8 Å². The summed E-state index contributed by atoms with van der Waals surface area (Å²) < 4.78 is 0. The molecule has 0 N–H and O–H groups in total. The Balaban J connectivity index is 0.000000545. The fraction of sp³-hybridized carbons (Fsp3) is 0. The molecule has 108 valence electrons. The van der Waals surface area contributed by atoms with Gasteiger partial charge in [0, 0.05) is 11.6 Å². The second kappa shape index (κ2) is 9.00. The molecule has 0 unspecified atom stereocenters. The maximum absolute atomic E-state index is 7.08. The van der Waals surface area contributed by atoms with E-state index in [9.17, 15) is 0 Å². The number of halogens is 1. The molecule has 0 heterocycles. The highest BCUT2D eigenvalue weighted by molar-refractivity contribution is 7.79. The van der Waals surface area contributed by atoms with Gasteiger partial charge in [-0.15, -0.1) is 0 Å². The Labute approximate surface area is 137 Å². The molecule has 0 amide bonds. The van der Waals surface area contributed by atoms with Gasteiger partial charge >= 0.3 is 0 Å². The summed E-state index contributed by atoms with van der Waals surface area (Å²) in [7, 11) is -0.446. The first-order valence-corrected chi connectivity index (χ1v) is 8.54. The standard InChI is InChI=1S/C18H15P.CClN/c1-4-10-16(11-5-1)19(17-12-6-2-7-13-17)18-14-8-3-9-15-18;2-1-3/h1-15H;. The van der Waals surface area contributed by atoms with Crippen LogP contribution >= 0.6 is 19.5 Å². The van der Waals surface area contributed by atoms with E-state index in [0.29, 0.717) is 0 Å². The van der Waals surface area contributed by atoms with Crippen molar-refractivity contribution < 1.29 is 0 Å². The highest BCUT2D eigenvalue weighted by atomic mass is 35.5. The summed E-state index contributed by atoms with van der Waals surface area (Å²) >= 11 is 4.30.